The topological polar surface area (TPSA) is 0 Å². The molecule has 2 aromatic carbocycles. The number of hydrogen-bond donors (Lipinski definition) is 0. The van der Waals surface area contributed by atoms with E-state index in [2.05, 4.69) is 61.6 Å². The van der Waals surface area contributed by atoms with Crippen LogP contribution in [0.25, 0.3) is 0 Å². The van der Waals surface area contributed by atoms with Crippen molar-refractivity contribution < 1.29 is 17.0 Å². The van der Waals surface area contributed by atoms with Crippen LogP contribution >= 0.6 is 0 Å². The summed E-state index contributed by atoms with van der Waals surface area (Å²) in [5.74, 6) is 0. The van der Waals surface area contributed by atoms with Gasteiger partial charge < -0.3 is 17.0 Å². The number of rotatable bonds is 2. The molecule has 2 heteroatoms. The van der Waals surface area contributed by atoms with Gasteiger partial charge in [0.1, 0.15) is 12.2 Å². The number of para-hydroxylation sites is 1. The van der Waals surface area contributed by atoms with Crippen LogP contribution in [0.1, 0.15) is 11.1 Å². The molecule has 1 aliphatic rings. The number of benzene rings is 2. The maximum atomic E-state index is 2.35. The van der Waals surface area contributed by atoms with Gasteiger partial charge >= 0.3 is 0 Å². The second-order valence-electron chi connectivity index (χ2n) is 5.14. The predicted molar refractivity (Wildman–Crippen MR) is 72.9 cm³/mol. The van der Waals surface area contributed by atoms with Crippen molar-refractivity contribution in [1.82, 2.24) is 4.48 Å². The standard InChI is InChI=1S/C16H18N.BrH/c1-17(13-14-7-3-2-4-8-14)12-11-15-9-5-6-10-16(15)17;/h2-10H,11-13H2,1H3;1H/q+1;/p-1. The summed E-state index contributed by atoms with van der Waals surface area (Å²) in [7, 11) is 2.35. The van der Waals surface area contributed by atoms with E-state index in [-0.39, 0.29) is 17.0 Å². The van der Waals surface area contributed by atoms with E-state index in [1.54, 1.807) is 0 Å². The van der Waals surface area contributed by atoms with Crippen LogP contribution in [0.15, 0.2) is 54.6 Å². The third kappa shape index (κ3) is 2.36. The summed E-state index contributed by atoms with van der Waals surface area (Å²) in [6, 6.07) is 19.7. The van der Waals surface area contributed by atoms with Gasteiger partial charge in [-0.2, -0.15) is 0 Å². The summed E-state index contributed by atoms with van der Waals surface area (Å²) in [5, 5.41) is 0. The Bertz CT molecular complexity index is 524. The number of likely N-dealkylation sites (N-methyl/N-ethyl adjacent to an activating group) is 1. The van der Waals surface area contributed by atoms with Crippen molar-refractivity contribution in [2.24, 2.45) is 0 Å². The summed E-state index contributed by atoms with van der Waals surface area (Å²) < 4.78 is 1.04. The van der Waals surface area contributed by atoms with E-state index in [1.165, 1.54) is 29.8 Å². The predicted octanol–water partition coefficient (Wildman–Crippen LogP) is 0.384. The van der Waals surface area contributed by atoms with Crippen molar-refractivity contribution >= 4 is 5.69 Å². The molecule has 0 radical (unpaired) electrons. The van der Waals surface area contributed by atoms with Gasteiger partial charge in [0.15, 0.2) is 0 Å². The van der Waals surface area contributed by atoms with Crippen molar-refractivity contribution in [1.29, 1.82) is 0 Å². The van der Waals surface area contributed by atoms with Gasteiger partial charge in [0.2, 0.25) is 0 Å². The fraction of sp³-hybridized carbons (Fsp3) is 0.250. The molecular formula is C16H18BrN. The monoisotopic (exact) mass is 303 g/mol. The van der Waals surface area contributed by atoms with Crippen LogP contribution in [0.2, 0.25) is 0 Å². The molecule has 0 fully saturated rings. The van der Waals surface area contributed by atoms with Crippen molar-refractivity contribution in [3.8, 4) is 0 Å². The highest BCUT2D eigenvalue weighted by molar-refractivity contribution is 5.54. The molecule has 1 atom stereocenters. The average Bonchev–Trinajstić information content (AvgIpc) is 2.69. The van der Waals surface area contributed by atoms with E-state index in [1.807, 2.05) is 0 Å². The van der Waals surface area contributed by atoms with E-state index in [0.717, 1.165) is 11.0 Å². The van der Waals surface area contributed by atoms with Crippen LogP contribution in [0.4, 0.5) is 5.69 Å². The molecule has 1 aliphatic heterocycles. The van der Waals surface area contributed by atoms with Gasteiger partial charge in [0.25, 0.3) is 0 Å². The van der Waals surface area contributed by atoms with Crippen LogP contribution in [0.5, 0.6) is 0 Å². The molecule has 18 heavy (non-hydrogen) atoms. The zero-order chi connectivity index (χ0) is 11.7. The molecule has 0 N–H and O–H groups in total. The van der Waals surface area contributed by atoms with Crippen molar-refractivity contribution in [2.45, 2.75) is 13.0 Å². The molecule has 0 spiro atoms. The summed E-state index contributed by atoms with van der Waals surface area (Å²) in [4.78, 5) is 0. The number of hydrogen-bond acceptors (Lipinski definition) is 0. The van der Waals surface area contributed by atoms with Gasteiger partial charge in [0, 0.05) is 17.5 Å². The molecule has 1 unspecified atom stereocenters. The van der Waals surface area contributed by atoms with E-state index in [9.17, 15) is 0 Å². The second-order valence-corrected chi connectivity index (χ2v) is 5.14. The summed E-state index contributed by atoms with van der Waals surface area (Å²) >= 11 is 0. The van der Waals surface area contributed by atoms with Crippen LogP contribution < -0.4 is 21.5 Å². The molecule has 94 valence electrons. The SMILES string of the molecule is C[N+]1(Cc2ccccc2)CCc2ccccc21.[Br-]. The van der Waals surface area contributed by atoms with E-state index in [4.69, 9.17) is 0 Å². The average molecular weight is 304 g/mol. The van der Waals surface area contributed by atoms with Gasteiger partial charge in [-0.25, -0.2) is 0 Å². The fourth-order valence-electron chi connectivity index (χ4n) is 2.89. The Hall–Kier alpha value is -1.12. The molecule has 0 amide bonds. The van der Waals surface area contributed by atoms with Gasteiger partial charge in [-0.15, -0.1) is 0 Å². The summed E-state index contributed by atoms with van der Waals surface area (Å²) in [5.41, 5.74) is 4.44. The molecule has 0 bridgehead atoms. The minimum absolute atomic E-state index is 0. The van der Waals surface area contributed by atoms with Gasteiger partial charge in [-0.05, 0) is 6.07 Å². The van der Waals surface area contributed by atoms with Gasteiger partial charge in [-0.3, -0.25) is 4.48 Å². The second kappa shape index (κ2) is 5.25. The fourth-order valence-corrected chi connectivity index (χ4v) is 2.89. The molecule has 0 aliphatic carbocycles. The van der Waals surface area contributed by atoms with Gasteiger partial charge in [-0.1, -0.05) is 48.5 Å². The van der Waals surface area contributed by atoms with Crippen LogP contribution in [0, 0.1) is 0 Å². The Balaban J connectivity index is 0.00000120. The maximum absolute atomic E-state index is 2.35. The molecule has 0 aromatic heterocycles. The first-order chi connectivity index (χ1) is 8.28. The summed E-state index contributed by atoms with van der Waals surface area (Å²) in [6.07, 6.45) is 1.21. The highest BCUT2D eigenvalue weighted by atomic mass is 79.9. The number of quaternary nitrogens is 1. The molecule has 3 rings (SSSR count). The van der Waals surface area contributed by atoms with E-state index >= 15 is 0 Å². The van der Waals surface area contributed by atoms with Gasteiger partial charge in [0.05, 0.1) is 13.6 Å². The Morgan fingerprint density at radius 2 is 1.61 bits per heavy atom. The zero-order valence-electron chi connectivity index (χ0n) is 10.6. The normalized spacial score (nSPS) is 21.2. The lowest BCUT2D eigenvalue weighted by molar-refractivity contribution is -0.00000356. The molecule has 1 heterocycles. The van der Waals surface area contributed by atoms with Crippen molar-refractivity contribution in [3.05, 3.63) is 65.7 Å². The Kier molecular flexibility index (Phi) is 3.88. The summed E-state index contributed by atoms with van der Waals surface area (Å²) in [6.45, 7) is 2.31. The first kappa shape index (κ1) is 13.3. The quantitative estimate of drug-likeness (QED) is 0.704. The molecule has 0 saturated heterocycles. The third-order valence-corrected chi connectivity index (χ3v) is 3.82. The molecule has 2 aromatic rings. The zero-order valence-corrected chi connectivity index (χ0v) is 12.2. The largest absolute Gasteiger partial charge is 1.00 e. The van der Waals surface area contributed by atoms with Crippen molar-refractivity contribution in [3.63, 3.8) is 0 Å². The van der Waals surface area contributed by atoms with Crippen LogP contribution in [-0.2, 0) is 13.0 Å². The lowest BCUT2D eigenvalue weighted by Gasteiger charge is -2.29. The van der Waals surface area contributed by atoms with Crippen molar-refractivity contribution in [2.75, 3.05) is 13.6 Å². The molecule has 0 saturated carbocycles. The van der Waals surface area contributed by atoms with E-state index in [0.29, 0.717) is 0 Å². The smallest absolute Gasteiger partial charge is 0.136 e. The highest BCUT2D eigenvalue weighted by Gasteiger charge is 2.33. The maximum Gasteiger partial charge on any atom is 0.136 e. The molecule has 1 nitrogen and oxygen atoms in total. The highest BCUT2D eigenvalue weighted by Crippen LogP contribution is 2.34. The van der Waals surface area contributed by atoms with Crippen LogP contribution in [0.3, 0.4) is 0 Å². The first-order valence-corrected chi connectivity index (χ1v) is 6.25. The van der Waals surface area contributed by atoms with Crippen LogP contribution in [-0.4, -0.2) is 13.6 Å². The number of halogens is 1. The Labute approximate surface area is 119 Å². The number of nitrogens with zero attached hydrogens (tertiary/aromatic N) is 1. The Morgan fingerprint density at radius 1 is 0.944 bits per heavy atom. The number of fused-ring (bicyclic) bond motifs is 1. The first-order valence-electron chi connectivity index (χ1n) is 6.25. The Morgan fingerprint density at radius 3 is 2.39 bits per heavy atom. The lowest BCUT2D eigenvalue weighted by atomic mass is 10.1. The minimum atomic E-state index is 0. The van der Waals surface area contributed by atoms with E-state index < -0.39 is 0 Å². The lowest BCUT2D eigenvalue weighted by Crippen LogP contribution is -3.00. The third-order valence-electron chi connectivity index (χ3n) is 3.82. The minimum Gasteiger partial charge on any atom is -1.00 e. The molecular weight excluding hydrogens is 286 g/mol.